The predicted octanol–water partition coefficient (Wildman–Crippen LogP) is 3.44. The van der Waals surface area contributed by atoms with E-state index in [4.69, 9.17) is 4.74 Å². The molecule has 0 bridgehead atoms. The zero-order valence-electron chi connectivity index (χ0n) is 14.6. The molecule has 0 unspecified atom stereocenters. The lowest BCUT2D eigenvalue weighted by Crippen LogP contribution is -2.48. The van der Waals surface area contributed by atoms with Gasteiger partial charge in [0.05, 0.1) is 12.0 Å². The summed E-state index contributed by atoms with van der Waals surface area (Å²) < 4.78 is 5.11. The molecular formula is C16H27Cl2N3O3. The minimum Gasteiger partial charge on any atom is -0.490 e. The third-order valence-corrected chi connectivity index (χ3v) is 4.05. The molecule has 0 saturated carbocycles. The summed E-state index contributed by atoms with van der Waals surface area (Å²) in [7, 11) is 1.46. The maximum absolute atomic E-state index is 11.3. The molecule has 0 spiro atoms. The predicted molar refractivity (Wildman–Crippen MR) is 101 cm³/mol. The maximum Gasteiger partial charge on any atom is 0.311 e. The number of nitro groups is 1. The third-order valence-electron chi connectivity index (χ3n) is 4.05. The SMILES string of the molecule is COc1ccc([C@@H](N2CCNCC2)C(C)(C)C)cc1[N+](=O)[O-].Cl.Cl. The number of piperazine rings is 1. The largest absolute Gasteiger partial charge is 0.490 e. The first-order valence-corrected chi connectivity index (χ1v) is 7.61. The van der Waals surface area contributed by atoms with Crippen molar-refractivity contribution >= 4 is 30.5 Å². The van der Waals surface area contributed by atoms with Gasteiger partial charge in [0, 0.05) is 38.3 Å². The van der Waals surface area contributed by atoms with Gasteiger partial charge in [-0.05, 0) is 17.0 Å². The molecule has 24 heavy (non-hydrogen) atoms. The highest BCUT2D eigenvalue weighted by molar-refractivity contribution is 5.85. The van der Waals surface area contributed by atoms with Crippen molar-refractivity contribution in [1.29, 1.82) is 0 Å². The number of ether oxygens (including phenoxy) is 1. The molecule has 1 aliphatic rings. The van der Waals surface area contributed by atoms with E-state index in [9.17, 15) is 10.1 Å². The van der Waals surface area contributed by atoms with Crippen molar-refractivity contribution in [3.8, 4) is 5.75 Å². The van der Waals surface area contributed by atoms with Gasteiger partial charge in [-0.2, -0.15) is 0 Å². The molecule has 1 atom stereocenters. The Morgan fingerprint density at radius 3 is 2.29 bits per heavy atom. The van der Waals surface area contributed by atoms with Gasteiger partial charge in [-0.25, -0.2) is 0 Å². The first kappa shape index (κ1) is 22.9. The van der Waals surface area contributed by atoms with Gasteiger partial charge in [-0.15, -0.1) is 24.8 Å². The molecule has 1 aromatic carbocycles. The van der Waals surface area contributed by atoms with Gasteiger partial charge in [-0.1, -0.05) is 26.8 Å². The van der Waals surface area contributed by atoms with Crippen molar-refractivity contribution < 1.29 is 9.66 Å². The second-order valence-electron chi connectivity index (χ2n) is 6.74. The molecule has 8 heteroatoms. The smallest absolute Gasteiger partial charge is 0.311 e. The van der Waals surface area contributed by atoms with Crippen LogP contribution in [0.15, 0.2) is 18.2 Å². The molecule has 6 nitrogen and oxygen atoms in total. The average Bonchev–Trinajstić information content (AvgIpc) is 2.47. The fraction of sp³-hybridized carbons (Fsp3) is 0.625. The molecule has 1 heterocycles. The highest BCUT2D eigenvalue weighted by atomic mass is 35.5. The second kappa shape index (κ2) is 9.42. The van der Waals surface area contributed by atoms with Crippen LogP contribution in [-0.4, -0.2) is 43.1 Å². The van der Waals surface area contributed by atoms with Crippen LogP contribution in [0.1, 0.15) is 32.4 Å². The van der Waals surface area contributed by atoms with Crippen LogP contribution >= 0.6 is 24.8 Å². The Hall–Kier alpha value is -1.08. The van der Waals surface area contributed by atoms with Crippen molar-refractivity contribution in [1.82, 2.24) is 10.2 Å². The van der Waals surface area contributed by atoms with E-state index < -0.39 is 0 Å². The summed E-state index contributed by atoms with van der Waals surface area (Å²) in [5.41, 5.74) is 0.992. The van der Waals surface area contributed by atoms with Gasteiger partial charge in [0.25, 0.3) is 0 Å². The number of rotatable bonds is 4. The number of nitro benzene ring substituents is 1. The fourth-order valence-corrected chi connectivity index (χ4v) is 3.22. The maximum atomic E-state index is 11.3. The number of halogens is 2. The Morgan fingerprint density at radius 1 is 1.25 bits per heavy atom. The zero-order chi connectivity index (χ0) is 16.3. The normalized spacial score (nSPS) is 16.5. The van der Waals surface area contributed by atoms with Crippen molar-refractivity contribution in [2.45, 2.75) is 26.8 Å². The Morgan fingerprint density at radius 2 is 1.83 bits per heavy atom. The van der Waals surface area contributed by atoms with Gasteiger partial charge < -0.3 is 10.1 Å². The highest BCUT2D eigenvalue weighted by Crippen LogP contribution is 2.40. The molecule has 0 aliphatic carbocycles. The van der Waals surface area contributed by atoms with E-state index in [1.54, 1.807) is 12.1 Å². The molecule has 1 aromatic rings. The molecule has 1 fully saturated rings. The second-order valence-corrected chi connectivity index (χ2v) is 6.74. The van der Waals surface area contributed by atoms with E-state index >= 15 is 0 Å². The number of methoxy groups -OCH3 is 1. The van der Waals surface area contributed by atoms with E-state index in [0.717, 1.165) is 31.7 Å². The van der Waals surface area contributed by atoms with Crippen LogP contribution in [-0.2, 0) is 0 Å². The molecule has 0 aromatic heterocycles. The number of nitrogens with zero attached hydrogens (tertiary/aromatic N) is 2. The first-order valence-electron chi connectivity index (χ1n) is 7.61. The number of hydrogen-bond donors (Lipinski definition) is 1. The Bertz CT molecular complexity index is 544. The van der Waals surface area contributed by atoms with E-state index in [-0.39, 0.29) is 46.9 Å². The van der Waals surface area contributed by atoms with Crippen LogP contribution < -0.4 is 10.1 Å². The lowest BCUT2D eigenvalue weighted by molar-refractivity contribution is -0.385. The molecule has 0 radical (unpaired) electrons. The monoisotopic (exact) mass is 379 g/mol. The molecule has 2 rings (SSSR count). The fourth-order valence-electron chi connectivity index (χ4n) is 3.22. The van der Waals surface area contributed by atoms with Gasteiger partial charge in [0.1, 0.15) is 0 Å². The molecule has 0 amide bonds. The summed E-state index contributed by atoms with van der Waals surface area (Å²) in [5.74, 6) is 0.307. The topological polar surface area (TPSA) is 67.6 Å². The summed E-state index contributed by atoms with van der Waals surface area (Å²) in [6.45, 7) is 10.3. The Labute approximate surface area is 155 Å². The summed E-state index contributed by atoms with van der Waals surface area (Å²) >= 11 is 0. The van der Waals surface area contributed by atoms with E-state index in [0.29, 0.717) is 5.75 Å². The molecule has 1 saturated heterocycles. The van der Waals surface area contributed by atoms with Gasteiger partial charge in [0.15, 0.2) is 5.75 Å². The van der Waals surface area contributed by atoms with Crippen molar-refractivity contribution in [2.75, 3.05) is 33.3 Å². The van der Waals surface area contributed by atoms with Crippen LogP contribution in [0.2, 0.25) is 0 Å². The summed E-state index contributed by atoms with van der Waals surface area (Å²) in [6.07, 6.45) is 0. The van der Waals surface area contributed by atoms with Gasteiger partial charge in [0.2, 0.25) is 0 Å². The average molecular weight is 380 g/mol. The number of benzene rings is 1. The van der Waals surface area contributed by atoms with Crippen LogP contribution in [0.4, 0.5) is 5.69 Å². The highest BCUT2D eigenvalue weighted by Gasteiger charge is 2.33. The summed E-state index contributed by atoms with van der Waals surface area (Å²) in [6, 6.07) is 5.45. The van der Waals surface area contributed by atoms with Crippen LogP contribution in [0.25, 0.3) is 0 Å². The first-order chi connectivity index (χ1) is 10.3. The van der Waals surface area contributed by atoms with Crippen molar-refractivity contribution in [3.63, 3.8) is 0 Å². The Kier molecular flexibility index (Phi) is 8.99. The molecule has 138 valence electrons. The van der Waals surface area contributed by atoms with E-state index in [1.807, 2.05) is 6.07 Å². The van der Waals surface area contributed by atoms with Gasteiger partial charge in [-0.3, -0.25) is 15.0 Å². The summed E-state index contributed by atoms with van der Waals surface area (Å²) in [5, 5.41) is 14.6. The van der Waals surface area contributed by atoms with Crippen LogP contribution in [0, 0.1) is 15.5 Å². The molecule has 1 N–H and O–H groups in total. The van der Waals surface area contributed by atoms with Crippen molar-refractivity contribution in [3.05, 3.63) is 33.9 Å². The number of nitrogens with one attached hydrogen (secondary N) is 1. The minimum absolute atomic E-state index is 0. The Balaban J connectivity index is 0.00000264. The lowest BCUT2D eigenvalue weighted by atomic mass is 9.80. The zero-order valence-corrected chi connectivity index (χ0v) is 16.2. The van der Waals surface area contributed by atoms with Crippen LogP contribution in [0.5, 0.6) is 5.75 Å². The molecular weight excluding hydrogens is 353 g/mol. The minimum atomic E-state index is -0.375. The van der Waals surface area contributed by atoms with Crippen molar-refractivity contribution in [2.24, 2.45) is 5.41 Å². The van der Waals surface area contributed by atoms with E-state index in [2.05, 4.69) is 31.0 Å². The quantitative estimate of drug-likeness (QED) is 0.640. The number of hydrogen-bond acceptors (Lipinski definition) is 5. The summed E-state index contributed by atoms with van der Waals surface area (Å²) in [4.78, 5) is 13.3. The van der Waals surface area contributed by atoms with Gasteiger partial charge >= 0.3 is 5.69 Å². The van der Waals surface area contributed by atoms with E-state index in [1.165, 1.54) is 7.11 Å². The van der Waals surface area contributed by atoms with Crippen LogP contribution in [0.3, 0.4) is 0 Å². The third kappa shape index (κ3) is 5.21. The lowest BCUT2D eigenvalue weighted by Gasteiger charge is -2.42. The molecule has 1 aliphatic heterocycles. The standard InChI is InChI=1S/C16H25N3O3.2ClH/c1-16(2,3)15(18-9-7-17-8-10-18)12-5-6-14(22-4)13(11-12)19(20)21;;/h5-6,11,15,17H,7-10H2,1-4H3;2*1H/t15-;;/m1../s1.